The van der Waals surface area contributed by atoms with Crippen molar-refractivity contribution in [2.24, 2.45) is 0 Å². The smallest absolute Gasteiger partial charge is 0.407 e. The van der Waals surface area contributed by atoms with Gasteiger partial charge in [-0.15, -0.1) is 0 Å². The van der Waals surface area contributed by atoms with E-state index in [4.69, 9.17) is 4.74 Å². The molecule has 1 aliphatic rings. The van der Waals surface area contributed by atoms with Crippen molar-refractivity contribution in [3.8, 4) is 0 Å². The summed E-state index contributed by atoms with van der Waals surface area (Å²) in [5.41, 5.74) is 0.710. The van der Waals surface area contributed by atoms with E-state index in [0.717, 1.165) is 24.8 Å². The van der Waals surface area contributed by atoms with E-state index in [1.807, 2.05) is 30.3 Å². The molecule has 33 heavy (non-hydrogen) atoms. The van der Waals surface area contributed by atoms with Gasteiger partial charge in [0.15, 0.2) is 5.78 Å². The van der Waals surface area contributed by atoms with E-state index in [9.17, 15) is 19.5 Å². The highest BCUT2D eigenvalue weighted by Crippen LogP contribution is 2.18. The molecule has 1 saturated heterocycles. The van der Waals surface area contributed by atoms with Crippen LogP contribution in [0.1, 0.15) is 70.3 Å². The maximum atomic E-state index is 12.5. The highest BCUT2D eigenvalue weighted by atomic mass is 16.5. The van der Waals surface area contributed by atoms with E-state index in [1.54, 1.807) is 6.08 Å². The topological polar surface area (TPSA) is 105 Å². The van der Waals surface area contributed by atoms with Crippen molar-refractivity contribution in [2.75, 3.05) is 6.54 Å². The average molecular weight is 457 g/mol. The zero-order valence-corrected chi connectivity index (χ0v) is 19.5. The van der Waals surface area contributed by atoms with Crippen molar-refractivity contribution in [3.63, 3.8) is 0 Å². The van der Waals surface area contributed by atoms with E-state index >= 15 is 0 Å². The Morgan fingerprint density at radius 1 is 1.09 bits per heavy atom. The quantitative estimate of drug-likeness (QED) is 0.160. The summed E-state index contributed by atoms with van der Waals surface area (Å²) in [5.74, 6) is -1.25. The van der Waals surface area contributed by atoms with Crippen LogP contribution < -0.4 is 10.6 Å². The summed E-state index contributed by atoms with van der Waals surface area (Å²) < 4.78 is 5.13. The van der Waals surface area contributed by atoms with Crippen LogP contribution in [0.5, 0.6) is 0 Å². The van der Waals surface area contributed by atoms with Crippen molar-refractivity contribution in [3.05, 3.63) is 59.4 Å². The summed E-state index contributed by atoms with van der Waals surface area (Å²) in [6.45, 7) is 2.69. The summed E-state index contributed by atoms with van der Waals surface area (Å²) >= 11 is 0. The number of ether oxygens (including phenoxy) is 1. The van der Waals surface area contributed by atoms with Crippen LogP contribution in [-0.2, 0) is 20.9 Å². The molecule has 2 rings (SSSR count). The molecule has 0 spiro atoms. The van der Waals surface area contributed by atoms with Gasteiger partial charge in [-0.1, -0.05) is 75.4 Å². The minimum absolute atomic E-state index is 0.184. The molecule has 0 bridgehead atoms. The molecule has 0 radical (unpaired) electrons. The standard InChI is InChI=1S/C26H36N2O5/c1-2-3-4-5-6-7-8-12-17-22(29)23-24(30)21(28-25(23)31)16-13-18-27-26(32)33-19-20-14-10-9-11-15-20/h9-12,14-15,17,21,29H,2-8,13,16,18-19H2,1H3,(H,27,32)(H,28,31)/b17-12-,23-22-. The second kappa shape index (κ2) is 14.9. The molecule has 7 heteroatoms. The van der Waals surface area contributed by atoms with Gasteiger partial charge >= 0.3 is 6.09 Å². The molecular formula is C26H36N2O5. The van der Waals surface area contributed by atoms with Gasteiger partial charge in [-0.05, 0) is 37.3 Å². The van der Waals surface area contributed by atoms with Crippen molar-refractivity contribution >= 4 is 17.8 Å². The van der Waals surface area contributed by atoms with Crippen LogP contribution in [0.4, 0.5) is 4.79 Å². The Balaban J connectivity index is 1.67. The van der Waals surface area contributed by atoms with Crippen molar-refractivity contribution in [1.29, 1.82) is 0 Å². The van der Waals surface area contributed by atoms with Gasteiger partial charge in [0.25, 0.3) is 5.91 Å². The Morgan fingerprint density at radius 2 is 1.82 bits per heavy atom. The second-order valence-electron chi connectivity index (χ2n) is 8.24. The van der Waals surface area contributed by atoms with Crippen LogP contribution in [0, 0.1) is 0 Å². The number of carbonyl (C=O) groups is 3. The summed E-state index contributed by atoms with van der Waals surface area (Å²) in [7, 11) is 0. The normalized spacial score (nSPS) is 17.3. The third-order valence-electron chi connectivity index (χ3n) is 5.50. The minimum atomic E-state index is -0.691. The summed E-state index contributed by atoms with van der Waals surface area (Å²) in [6, 6.07) is 8.67. The van der Waals surface area contributed by atoms with E-state index in [-0.39, 0.29) is 17.9 Å². The van der Waals surface area contributed by atoms with Gasteiger partial charge in [0.2, 0.25) is 0 Å². The zero-order valence-electron chi connectivity index (χ0n) is 19.5. The fraction of sp³-hybridized carbons (Fsp3) is 0.500. The molecule has 0 aromatic heterocycles. The first-order valence-electron chi connectivity index (χ1n) is 11.9. The Hall–Kier alpha value is -3.09. The number of ketones is 1. The number of hydrogen-bond donors (Lipinski definition) is 3. The first-order chi connectivity index (χ1) is 16.0. The van der Waals surface area contributed by atoms with Gasteiger partial charge in [-0.2, -0.15) is 0 Å². The molecule has 1 aliphatic heterocycles. The second-order valence-corrected chi connectivity index (χ2v) is 8.24. The van der Waals surface area contributed by atoms with Crippen molar-refractivity contribution < 1.29 is 24.2 Å². The van der Waals surface area contributed by atoms with Gasteiger partial charge < -0.3 is 20.5 Å². The van der Waals surface area contributed by atoms with E-state index in [1.165, 1.54) is 31.8 Å². The molecular weight excluding hydrogens is 420 g/mol. The van der Waals surface area contributed by atoms with E-state index in [2.05, 4.69) is 17.6 Å². The number of rotatable bonds is 14. The molecule has 1 heterocycles. The molecule has 1 fully saturated rings. The Labute approximate surface area is 196 Å². The number of nitrogens with one attached hydrogen (secondary N) is 2. The molecule has 2 amide bonds. The monoisotopic (exact) mass is 456 g/mol. The van der Waals surface area contributed by atoms with Crippen LogP contribution in [0.25, 0.3) is 0 Å². The largest absolute Gasteiger partial charge is 0.507 e. The average Bonchev–Trinajstić information content (AvgIpc) is 3.10. The maximum absolute atomic E-state index is 12.5. The maximum Gasteiger partial charge on any atom is 0.407 e. The summed E-state index contributed by atoms with van der Waals surface area (Å²) in [4.78, 5) is 36.5. The number of benzene rings is 1. The predicted octanol–water partition coefficient (Wildman–Crippen LogP) is 4.88. The van der Waals surface area contributed by atoms with Gasteiger partial charge in [0, 0.05) is 6.54 Å². The number of allylic oxidation sites excluding steroid dienone is 2. The molecule has 1 aromatic rings. The van der Waals surface area contributed by atoms with Crippen LogP contribution in [0.3, 0.4) is 0 Å². The van der Waals surface area contributed by atoms with Gasteiger partial charge in [-0.3, -0.25) is 9.59 Å². The number of Topliss-reactive ketones (excluding diaryl/α,β-unsaturated/α-hetero) is 1. The fourth-order valence-electron chi connectivity index (χ4n) is 3.62. The van der Waals surface area contributed by atoms with Crippen molar-refractivity contribution in [2.45, 2.75) is 77.4 Å². The lowest BCUT2D eigenvalue weighted by molar-refractivity contribution is -0.117. The number of amides is 2. The van der Waals surface area contributed by atoms with Crippen LogP contribution in [0.15, 0.2) is 53.8 Å². The molecule has 180 valence electrons. The lowest BCUT2D eigenvalue weighted by Gasteiger charge is -2.09. The zero-order chi connectivity index (χ0) is 23.9. The number of carbonyl (C=O) groups excluding carboxylic acids is 3. The van der Waals surface area contributed by atoms with Crippen LogP contribution in [0.2, 0.25) is 0 Å². The number of alkyl carbamates (subject to hydrolysis) is 1. The molecule has 0 saturated carbocycles. The number of aliphatic hydroxyl groups excluding tert-OH is 1. The Kier molecular flexibility index (Phi) is 11.8. The third-order valence-corrected chi connectivity index (χ3v) is 5.50. The summed E-state index contributed by atoms with van der Waals surface area (Å²) in [5, 5.41) is 15.5. The first kappa shape index (κ1) is 26.2. The molecule has 1 unspecified atom stereocenters. The lowest BCUT2D eigenvalue weighted by Crippen LogP contribution is -2.31. The predicted molar refractivity (Wildman–Crippen MR) is 128 cm³/mol. The van der Waals surface area contributed by atoms with E-state index in [0.29, 0.717) is 19.4 Å². The van der Waals surface area contributed by atoms with Gasteiger partial charge in [0.05, 0.1) is 6.04 Å². The van der Waals surface area contributed by atoms with Gasteiger partial charge in [0.1, 0.15) is 17.9 Å². The Bertz CT molecular complexity index is 832. The molecule has 1 aromatic carbocycles. The highest BCUT2D eigenvalue weighted by Gasteiger charge is 2.37. The fourth-order valence-corrected chi connectivity index (χ4v) is 3.62. The van der Waals surface area contributed by atoms with Crippen LogP contribution in [-0.4, -0.2) is 35.5 Å². The number of unbranched alkanes of at least 4 members (excludes halogenated alkanes) is 6. The first-order valence-corrected chi connectivity index (χ1v) is 11.9. The molecule has 3 N–H and O–H groups in total. The molecule has 7 nitrogen and oxygen atoms in total. The highest BCUT2D eigenvalue weighted by molar-refractivity contribution is 6.27. The van der Waals surface area contributed by atoms with E-state index < -0.39 is 23.8 Å². The number of hydrogen-bond acceptors (Lipinski definition) is 5. The minimum Gasteiger partial charge on any atom is -0.507 e. The van der Waals surface area contributed by atoms with Crippen molar-refractivity contribution in [1.82, 2.24) is 10.6 Å². The SMILES string of the molecule is CCCCCCCC/C=C\C(O)=C1\C(=O)NC(CCCNC(=O)OCc2ccccc2)C1=O. The van der Waals surface area contributed by atoms with Crippen LogP contribution >= 0.6 is 0 Å². The molecule has 0 aliphatic carbocycles. The van der Waals surface area contributed by atoms with Gasteiger partial charge in [-0.25, -0.2) is 4.79 Å². The summed E-state index contributed by atoms with van der Waals surface area (Å²) in [6.07, 6.45) is 11.5. The Morgan fingerprint density at radius 3 is 2.58 bits per heavy atom. The third kappa shape index (κ3) is 9.51. The lowest BCUT2D eigenvalue weighted by atomic mass is 10.0. The number of aliphatic hydroxyl groups is 1. The molecule has 1 atom stereocenters.